The molecule has 2 N–H and O–H groups in total. The van der Waals surface area contributed by atoms with Crippen molar-refractivity contribution < 1.29 is 0 Å². The number of benzene rings is 1. The van der Waals surface area contributed by atoms with Crippen LogP contribution in [0, 0.1) is 22.7 Å². The van der Waals surface area contributed by atoms with Gasteiger partial charge in [-0.05, 0) is 17.7 Å². The highest BCUT2D eigenvalue weighted by atomic mass is 32.2. The fourth-order valence-electron chi connectivity index (χ4n) is 1.99. The minimum absolute atomic E-state index is 0.175. The third kappa shape index (κ3) is 2.99. The van der Waals surface area contributed by atoms with Crippen molar-refractivity contribution >= 4 is 17.6 Å². The number of nitrogen functional groups attached to an aromatic ring is 1. The summed E-state index contributed by atoms with van der Waals surface area (Å²) in [6.45, 7) is 2.06. The lowest BCUT2D eigenvalue weighted by atomic mass is 9.97. The molecule has 0 bridgehead atoms. The Morgan fingerprint density at radius 3 is 2.38 bits per heavy atom. The van der Waals surface area contributed by atoms with Crippen LogP contribution in [-0.4, -0.2) is 10.7 Å². The average Bonchev–Trinajstić information content (AvgIpc) is 2.52. The van der Waals surface area contributed by atoms with Crippen molar-refractivity contribution in [3.63, 3.8) is 0 Å². The molecule has 0 amide bonds. The number of pyridine rings is 1. The number of hydrogen-bond acceptors (Lipinski definition) is 5. The monoisotopic (exact) mass is 294 g/mol. The van der Waals surface area contributed by atoms with E-state index in [0.717, 1.165) is 17.7 Å². The van der Waals surface area contributed by atoms with Crippen LogP contribution in [0.3, 0.4) is 0 Å². The number of nitrogens with two attached hydrogens (primary N) is 1. The highest BCUT2D eigenvalue weighted by Gasteiger charge is 2.19. The number of nitriles is 2. The average molecular weight is 294 g/mol. The van der Waals surface area contributed by atoms with E-state index in [2.05, 4.69) is 24.0 Å². The summed E-state index contributed by atoms with van der Waals surface area (Å²) in [4.78, 5) is 4.23. The highest BCUT2D eigenvalue weighted by molar-refractivity contribution is 7.99. The first-order valence-corrected chi connectivity index (χ1v) is 7.53. The molecule has 1 heterocycles. The topological polar surface area (TPSA) is 86.5 Å². The largest absolute Gasteiger partial charge is 0.383 e. The Labute approximate surface area is 128 Å². The predicted molar refractivity (Wildman–Crippen MR) is 84.5 cm³/mol. The molecule has 0 unspecified atom stereocenters. The van der Waals surface area contributed by atoms with Gasteiger partial charge in [0.25, 0.3) is 0 Å². The second kappa shape index (κ2) is 6.78. The molecule has 0 spiro atoms. The van der Waals surface area contributed by atoms with E-state index in [4.69, 9.17) is 5.73 Å². The van der Waals surface area contributed by atoms with Crippen LogP contribution in [0.2, 0.25) is 0 Å². The standard InChI is InChI=1S/C16H14N4S/c1-2-8-21-16-13(10-18)14(11-6-4-3-5-7-11)12(9-17)15(19)20-16/h3-7H,2,8H2,1H3,(H2,19,20). The molecule has 0 saturated heterocycles. The molecule has 0 radical (unpaired) electrons. The molecule has 2 rings (SSSR count). The van der Waals surface area contributed by atoms with Crippen LogP contribution >= 0.6 is 11.8 Å². The number of rotatable bonds is 4. The molecule has 1 aromatic carbocycles. The first-order valence-electron chi connectivity index (χ1n) is 6.54. The van der Waals surface area contributed by atoms with Gasteiger partial charge in [0.15, 0.2) is 0 Å². The van der Waals surface area contributed by atoms with Crippen molar-refractivity contribution in [2.75, 3.05) is 11.5 Å². The summed E-state index contributed by atoms with van der Waals surface area (Å²) in [6, 6.07) is 13.6. The van der Waals surface area contributed by atoms with Crippen LogP contribution in [0.4, 0.5) is 5.82 Å². The second-order valence-corrected chi connectivity index (χ2v) is 5.45. The molecule has 21 heavy (non-hydrogen) atoms. The molecule has 2 aromatic rings. The summed E-state index contributed by atoms with van der Waals surface area (Å²) in [5.74, 6) is 1.02. The van der Waals surface area contributed by atoms with Gasteiger partial charge in [-0.3, -0.25) is 0 Å². The minimum Gasteiger partial charge on any atom is -0.383 e. The van der Waals surface area contributed by atoms with Crippen LogP contribution < -0.4 is 5.73 Å². The van der Waals surface area contributed by atoms with Gasteiger partial charge in [-0.1, -0.05) is 37.3 Å². The Kier molecular flexibility index (Phi) is 4.81. The molecule has 5 heteroatoms. The van der Waals surface area contributed by atoms with Crippen molar-refractivity contribution in [3.8, 4) is 23.3 Å². The number of aromatic nitrogens is 1. The summed E-state index contributed by atoms with van der Waals surface area (Å²) in [5.41, 5.74) is 7.97. The molecular weight excluding hydrogens is 280 g/mol. The van der Waals surface area contributed by atoms with Gasteiger partial charge in [-0.25, -0.2) is 4.98 Å². The Balaban J connectivity index is 2.74. The van der Waals surface area contributed by atoms with Crippen LogP contribution in [0.25, 0.3) is 11.1 Å². The molecule has 0 aliphatic heterocycles. The van der Waals surface area contributed by atoms with Crippen LogP contribution in [0.5, 0.6) is 0 Å². The lowest BCUT2D eigenvalue weighted by Gasteiger charge is -2.12. The maximum absolute atomic E-state index is 9.52. The zero-order chi connectivity index (χ0) is 15.2. The lowest BCUT2D eigenvalue weighted by Crippen LogP contribution is -2.03. The van der Waals surface area contributed by atoms with Gasteiger partial charge in [0, 0.05) is 5.56 Å². The number of anilines is 1. The van der Waals surface area contributed by atoms with E-state index in [1.165, 1.54) is 11.8 Å². The van der Waals surface area contributed by atoms with E-state index in [1.807, 2.05) is 30.3 Å². The Morgan fingerprint density at radius 2 is 1.81 bits per heavy atom. The Morgan fingerprint density at radius 1 is 1.14 bits per heavy atom. The number of thioether (sulfide) groups is 1. The number of hydrogen-bond donors (Lipinski definition) is 1. The molecule has 0 saturated carbocycles. The van der Waals surface area contributed by atoms with Gasteiger partial charge in [0.2, 0.25) is 0 Å². The quantitative estimate of drug-likeness (QED) is 0.871. The van der Waals surface area contributed by atoms with E-state index < -0.39 is 0 Å². The van der Waals surface area contributed by atoms with Gasteiger partial charge in [-0.2, -0.15) is 10.5 Å². The SMILES string of the molecule is CCCSc1nc(N)c(C#N)c(-c2ccccc2)c1C#N. The zero-order valence-electron chi connectivity index (χ0n) is 11.6. The molecule has 1 aromatic heterocycles. The van der Waals surface area contributed by atoms with Crippen LogP contribution in [-0.2, 0) is 0 Å². The van der Waals surface area contributed by atoms with Gasteiger partial charge in [-0.15, -0.1) is 11.8 Å². The smallest absolute Gasteiger partial charge is 0.143 e. The summed E-state index contributed by atoms with van der Waals surface area (Å²) < 4.78 is 0. The molecule has 0 aliphatic carbocycles. The van der Waals surface area contributed by atoms with E-state index in [9.17, 15) is 10.5 Å². The second-order valence-electron chi connectivity index (χ2n) is 4.37. The lowest BCUT2D eigenvalue weighted by molar-refractivity contribution is 1.08. The molecule has 0 aliphatic rings. The van der Waals surface area contributed by atoms with Gasteiger partial charge < -0.3 is 5.73 Å². The van der Waals surface area contributed by atoms with Crippen molar-refractivity contribution in [2.45, 2.75) is 18.4 Å². The van der Waals surface area contributed by atoms with Crippen LogP contribution in [0.1, 0.15) is 24.5 Å². The van der Waals surface area contributed by atoms with E-state index in [0.29, 0.717) is 16.2 Å². The molecule has 104 valence electrons. The molecule has 4 nitrogen and oxygen atoms in total. The minimum atomic E-state index is 0.175. The maximum atomic E-state index is 9.52. The fraction of sp³-hybridized carbons (Fsp3) is 0.188. The van der Waals surface area contributed by atoms with Crippen molar-refractivity contribution in [2.24, 2.45) is 0 Å². The van der Waals surface area contributed by atoms with Gasteiger partial charge in [0.1, 0.15) is 28.5 Å². The normalized spacial score (nSPS) is 9.86. The molecule has 0 atom stereocenters. The third-order valence-corrected chi connectivity index (χ3v) is 4.10. The van der Waals surface area contributed by atoms with Crippen molar-refractivity contribution in [1.29, 1.82) is 10.5 Å². The first kappa shape index (κ1) is 14.9. The first-order chi connectivity index (χ1) is 10.2. The summed E-state index contributed by atoms with van der Waals surface area (Å²) >= 11 is 1.49. The van der Waals surface area contributed by atoms with Gasteiger partial charge >= 0.3 is 0 Å². The Bertz CT molecular complexity index is 727. The summed E-state index contributed by atoms with van der Waals surface area (Å²) in [6.07, 6.45) is 0.970. The predicted octanol–water partition coefficient (Wildman–Crippen LogP) is 3.58. The maximum Gasteiger partial charge on any atom is 0.143 e. The molecular formula is C16H14N4S. The summed E-state index contributed by atoms with van der Waals surface area (Å²) in [5, 5.41) is 19.5. The number of nitrogens with zero attached hydrogens (tertiary/aromatic N) is 3. The summed E-state index contributed by atoms with van der Waals surface area (Å²) in [7, 11) is 0. The van der Waals surface area contributed by atoms with Crippen molar-refractivity contribution in [1.82, 2.24) is 4.98 Å². The van der Waals surface area contributed by atoms with Gasteiger partial charge in [0.05, 0.1) is 5.56 Å². The van der Waals surface area contributed by atoms with E-state index in [1.54, 1.807) is 0 Å². The third-order valence-electron chi connectivity index (χ3n) is 2.92. The van der Waals surface area contributed by atoms with E-state index >= 15 is 0 Å². The highest BCUT2D eigenvalue weighted by Crippen LogP contribution is 2.35. The zero-order valence-corrected chi connectivity index (χ0v) is 12.4. The Hall–Kier alpha value is -2.50. The van der Waals surface area contributed by atoms with Crippen LogP contribution in [0.15, 0.2) is 35.4 Å². The van der Waals surface area contributed by atoms with E-state index in [-0.39, 0.29) is 11.4 Å². The molecule has 0 fully saturated rings. The fourth-order valence-corrected chi connectivity index (χ4v) is 2.85. The van der Waals surface area contributed by atoms with Crippen molar-refractivity contribution in [3.05, 3.63) is 41.5 Å².